The van der Waals surface area contributed by atoms with Crippen LogP contribution >= 0.6 is 23.5 Å². The van der Waals surface area contributed by atoms with Crippen LogP contribution in [0.1, 0.15) is 73.6 Å². The van der Waals surface area contributed by atoms with Gasteiger partial charge < -0.3 is 86.5 Å². The number of nitrogens with one attached hydrogen (secondary N) is 9. The lowest BCUT2D eigenvalue weighted by Gasteiger charge is -2.31. The van der Waals surface area contributed by atoms with E-state index < -0.39 is 139 Å². The van der Waals surface area contributed by atoms with Gasteiger partial charge in [-0.1, -0.05) is 103 Å². The van der Waals surface area contributed by atoms with E-state index in [4.69, 9.17) is 28.7 Å². The molecule has 29 nitrogen and oxygen atoms in total. The molecule has 1 fully saturated rings. The third-order valence-corrected chi connectivity index (χ3v) is 16.7. The normalized spacial score (nSPS) is 14.7. The third kappa shape index (κ3) is 27.9. The van der Waals surface area contributed by atoms with Gasteiger partial charge in [-0.05, 0) is 79.5 Å². The molecule has 4 aromatic carbocycles. The molecule has 1 aliphatic heterocycles. The van der Waals surface area contributed by atoms with Crippen molar-refractivity contribution in [2.24, 2.45) is 28.7 Å². The Labute approximate surface area is 558 Å². The van der Waals surface area contributed by atoms with Gasteiger partial charge in [-0.25, -0.2) is 0 Å². The van der Waals surface area contributed by atoms with Gasteiger partial charge in [0.05, 0.1) is 43.6 Å². The van der Waals surface area contributed by atoms with Crippen molar-refractivity contribution in [1.82, 2.24) is 52.8 Å². The lowest BCUT2D eigenvalue weighted by Crippen LogP contribution is -2.61. The number of phenolic OH excluding ortho intramolecular Hbond substituents is 1. The van der Waals surface area contributed by atoms with Crippen LogP contribution in [-0.2, 0) is 88.0 Å². The highest BCUT2D eigenvalue weighted by Gasteiger charge is 2.40. The van der Waals surface area contributed by atoms with Crippen LogP contribution in [0.25, 0.3) is 0 Å². The molecule has 1 saturated heterocycles. The van der Waals surface area contributed by atoms with Crippen molar-refractivity contribution in [1.29, 1.82) is 0 Å². The first-order valence-electron chi connectivity index (χ1n) is 30.8. The zero-order valence-electron chi connectivity index (χ0n) is 52.4. The molecule has 0 unspecified atom stereocenters. The molecule has 0 saturated carbocycles. The molecule has 512 valence electrons. The van der Waals surface area contributed by atoms with Crippen LogP contribution in [0.4, 0.5) is 0 Å². The van der Waals surface area contributed by atoms with Crippen molar-refractivity contribution >= 4 is 100 Å². The molecule has 8 atom stereocenters. The molecule has 0 radical (unpaired) electrons. The van der Waals surface area contributed by atoms with Crippen molar-refractivity contribution in [3.63, 3.8) is 0 Å². The second-order valence-corrected chi connectivity index (χ2v) is 24.5. The highest BCUT2D eigenvalue weighted by molar-refractivity contribution is 7.99. The zero-order valence-corrected chi connectivity index (χ0v) is 54.1. The van der Waals surface area contributed by atoms with Gasteiger partial charge in [-0.15, -0.1) is 23.5 Å². The molecule has 31 heteroatoms. The van der Waals surface area contributed by atoms with E-state index in [-0.39, 0.29) is 85.9 Å². The minimum atomic E-state index is -1.88. The Hall–Kier alpha value is -9.59. The highest BCUT2D eigenvalue weighted by atomic mass is 32.2. The molecule has 1 heterocycles. The van der Waals surface area contributed by atoms with E-state index in [0.29, 0.717) is 36.9 Å². The number of rotatable bonds is 41. The maximum Gasteiger partial charge on any atom is 0.246 e. The number of carbonyl (C=O) groups excluding carboxylic acids is 13. The number of primary amides is 3. The number of unbranched alkanes of at least 4 members (excludes halogenated alkanes) is 1. The Balaban J connectivity index is 1.37. The van der Waals surface area contributed by atoms with Crippen molar-refractivity contribution in [3.8, 4) is 5.75 Å². The lowest BCUT2D eigenvalue weighted by atomic mass is 10.0. The standard InChI is InChI=1S/C64H85N15O14S2/c65-27-11-10-19-45(58(87)70-34-54(69)83)74-63(92)51-20-12-28-79(51)64(93)50(36-95-38-72-56(85)32-41-17-8-3-9-18-41)78-62(91)49(33-53(68)82)77-59(88)46(25-26-52(67)81)73-60(89)48(29-39-13-4-1-5-14-39)76-61(90)47(30-42-21-23-43(80)24-22-42)75-57(86)44(66)35-94-37-71-55(84)31-40-15-6-2-7-16-40/h1-9,13-18,21-24,44-51,80H,10-12,19-20,25-38,65-66H2,(H2,67,81)(H2,68,82)(H2,69,83)(H,70,87)(H,71,84)(H,72,85)(H,73,89)(H,74,92)(H,75,86)(H,76,90)(H,77,88)(H,78,91)/t44-,45-,46-,47-,48-,49-,50-,51-/m0/s1. The Morgan fingerprint density at radius 2 is 0.968 bits per heavy atom. The lowest BCUT2D eigenvalue weighted by molar-refractivity contribution is -0.142. The summed E-state index contributed by atoms with van der Waals surface area (Å²) in [7, 11) is 0. The van der Waals surface area contributed by atoms with Gasteiger partial charge in [0.15, 0.2) is 0 Å². The van der Waals surface area contributed by atoms with E-state index in [1.807, 2.05) is 30.3 Å². The topological polar surface area (TPSA) is 484 Å². The Morgan fingerprint density at radius 1 is 0.495 bits per heavy atom. The maximum atomic E-state index is 14.8. The van der Waals surface area contributed by atoms with Gasteiger partial charge in [0, 0.05) is 37.3 Å². The summed E-state index contributed by atoms with van der Waals surface area (Å²) < 4.78 is 0. The molecular formula is C64H85N15O14S2. The van der Waals surface area contributed by atoms with Crippen LogP contribution in [0, 0.1) is 0 Å². The van der Waals surface area contributed by atoms with E-state index in [1.165, 1.54) is 29.2 Å². The summed E-state index contributed by atoms with van der Waals surface area (Å²) >= 11 is 2.17. The summed E-state index contributed by atoms with van der Waals surface area (Å²) in [4.78, 5) is 177. The van der Waals surface area contributed by atoms with Crippen molar-refractivity contribution in [3.05, 3.63) is 138 Å². The Morgan fingerprint density at radius 3 is 1.51 bits per heavy atom. The molecule has 0 aliphatic carbocycles. The van der Waals surface area contributed by atoms with E-state index in [9.17, 15) is 67.4 Å². The summed E-state index contributed by atoms with van der Waals surface area (Å²) in [5, 5.41) is 33.4. The number of nitrogens with zero attached hydrogens (tertiary/aromatic N) is 1. The van der Waals surface area contributed by atoms with Gasteiger partial charge >= 0.3 is 0 Å². The molecule has 1 aliphatic rings. The number of amides is 13. The number of likely N-dealkylation sites (tertiary alicyclic amines) is 1. The third-order valence-electron chi connectivity index (χ3n) is 14.8. The molecule has 20 N–H and O–H groups in total. The molecular weight excluding hydrogens is 1270 g/mol. The summed E-state index contributed by atoms with van der Waals surface area (Å²) in [6, 6.07) is 20.4. The highest BCUT2D eigenvalue weighted by Crippen LogP contribution is 2.21. The van der Waals surface area contributed by atoms with Crippen LogP contribution in [0.3, 0.4) is 0 Å². The van der Waals surface area contributed by atoms with Crippen molar-refractivity contribution < 1.29 is 67.4 Å². The van der Waals surface area contributed by atoms with E-state index in [0.717, 1.165) is 34.7 Å². The average molecular weight is 1350 g/mol. The summed E-state index contributed by atoms with van der Waals surface area (Å²) in [6.45, 7) is -0.215. The van der Waals surface area contributed by atoms with Crippen molar-refractivity contribution in [2.45, 2.75) is 125 Å². The van der Waals surface area contributed by atoms with Gasteiger partial charge in [0.1, 0.15) is 48.0 Å². The van der Waals surface area contributed by atoms with E-state index in [1.54, 1.807) is 60.7 Å². The van der Waals surface area contributed by atoms with Gasteiger partial charge in [-0.3, -0.25) is 62.3 Å². The molecule has 5 rings (SSSR count). The smallest absolute Gasteiger partial charge is 0.246 e. The summed E-state index contributed by atoms with van der Waals surface area (Å²) in [5.74, 6) is -10.9. The van der Waals surface area contributed by atoms with Crippen LogP contribution in [0.2, 0.25) is 0 Å². The number of phenols is 1. The Kier molecular flexibility index (Phi) is 32.5. The van der Waals surface area contributed by atoms with Crippen LogP contribution in [-0.4, -0.2) is 178 Å². The predicted octanol–water partition coefficient (Wildman–Crippen LogP) is -2.62. The zero-order chi connectivity index (χ0) is 69.2. The molecule has 0 bridgehead atoms. The first-order valence-corrected chi connectivity index (χ1v) is 33.1. The van der Waals surface area contributed by atoms with Gasteiger partial charge in [0.2, 0.25) is 76.8 Å². The quantitative estimate of drug-likeness (QED) is 0.0160. The summed E-state index contributed by atoms with van der Waals surface area (Å²) in [5.41, 5.74) is 30.9. The largest absolute Gasteiger partial charge is 0.508 e. The number of carbonyl (C=O) groups is 13. The number of benzene rings is 4. The minimum absolute atomic E-state index is 0.00240. The molecule has 95 heavy (non-hydrogen) atoms. The predicted molar refractivity (Wildman–Crippen MR) is 355 cm³/mol. The van der Waals surface area contributed by atoms with Crippen LogP contribution < -0.4 is 76.5 Å². The van der Waals surface area contributed by atoms with Crippen LogP contribution in [0.5, 0.6) is 5.75 Å². The number of aromatic hydroxyl groups is 1. The second-order valence-electron chi connectivity index (χ2n) is 22.4. The molecule has 0 spiro atoms. The van der Waals surface area contributed by atoms with Crippen LogP contribution in [0.15, 0.2) is 115 Å². The van der Waals surface area contributed by atoms with Crippen molar-refractivity contribution in [2.75, 3.05) is 42.9 Å². The van der Waals surface area contributed by atoms with Gasteiger partial charge in [-0.2, -0.15) is 0 Å². The first kappa shape index (κ1) is 76.1. The van der Waals surface area contributed by atoms with E-state index >= 15 is 0 Å². The molecule has 13 amide bonds. The fourth-order valence-electron chi connectivity index (χ4n) is 9.86. The number of hydrogen-bond donors (Lipinski definition) is 15. The average Bonchev–Trinajstić information content (AvgIpc) is 1.80. The first-order chi connectivity index (χ1) is 45.5. The minimum Gasteiger partial charge on any atom is -0.508 e. The second kappa shape index (κ2) is 40.5. The molecule has 0 aromatic heterocycles. The Bertz CT molecular complexity index is 3250. The number of nitrogens with two attached hydrogens (primary N) is 5. The fourth-order valence-corrected chi connectivity index (χ4v) is 11.5. The summed E-state index contributed by atoms with van der Waals surface area (Å²) in [6.07, 6.45) is -0.684. The van der Waals surface area contributed by atoms with E-state index in [2.05, 4.69) is 47.9 Å². The molecule has 4 aromatic rings. The fraction of sp³-hybridized carbons (Fsp3) is 0.422. The maximum absolute atomic E-state index is 14.8. The monoisotopic (exact) mass is 1350 g/mol. The van der Waals surface area contributed by atoms with Gasteiger partial charge in [0.25, 0.3) is 0 Å². The number of thioether (sulfide) groups is 2. The SMILES string of the molecule is NCCCC[C@H](NC(=O)[C@@H]1CCCN1C(=O)[C@H](CSCNC(=O)Cc1ccccc1)NC(=O)[C@H](CC(N)=O)NC(=O)[C@H](CCC(N)=O)NC(=O)[C@H](Cc1ccccc1)NC(=O)[C@H](Cc1ccc(O)cc1)NC(=O)[C@@H](N)CSCNC(=O)Cc1ccccc1)C(=O)NCC(N)=O. The number of hydrogen-bond acceptors (Lipinski definition) is 18.